The smallest absolute Gasteiger partial charge is 0.268 e. The zero-order valence-corrected chi connectivity index (χ0v) is 16.4. The first-order valence-electron chi connectivity index (χ1n) is 7.81. The molecule has 1 amide bonds. The van der Waals surface area contributed by atoms with Crippen LogP contribution in [-0.2, 0) is 11.3 Å². The molecule has 0 saturated carbocycles. The van der Waals surface area contributed by atoms with Crippen molar-refractivity contribution in [3.8, 4) is 5.75 Å². The highest BCUT2D eigenvalue weighted by molar-refractivity contribution is 9.11. The molecule has 2 heterocycles. The Morgan fingerprint density at radius 3 is 2.68 bits per heavy atom. The van der Waals surface area contributed by atoms with Gasteiger partial charge in [0.05, 0.1) is 27.7 Å². The summed E-state index contributed by atoms with van der Waals surface area (Å²) in [6.45, 7) is 1.59. The quantitative estimate of drug-likeness (QED) is 0.587. The SMILES string of the molecule is COCCNC(=O)c1cc2sc(Br)cc2n1Cc1ccc(OC)cc1. The van der Waals surface area contributed by atoms with Gasteiger partial charge in [0.25, 0.3) is 5.91 Å². The molecular formula is C18H19BrN2O3S. The number of nitrogens with zero attached hydrogens (tertiary/aromatic N) is 1. The average Bonchev–Trinajstić information content (AvgIpc) is 3.13. The van der Waals surface area contributed by atoms with Gasteiger partial charge in [0.15, 0.2) is 0 Å². The molecule has 7 heteroatoms. The molecule has 2 aromatic heterocycles. The normalized spacial score (nSPS) is 11.0. The van der Waals surface area contributed by atoms with Gasteiger partial charge in [-0.3, -0.25) is 4.79 Å². The number of carbonyl (C=O) groups is 1. The van der Waals surface area contributed by atoms with Gasteiger partial charge in [-0.05, 0) is 45.8 Å². The van der Waals surface area contributed by atoms with E-state index in [2.05, 4.69) is 27.3 Å². The minimum atomic E-state index is -0.0925. The number of methoxy groups -OCH3 is 2. The van der Waals surface area contributed by atoms with Crippen LogP contribution in [0.15, 0.2) is 40.2 Å². The second kappa shape index (κ2) is 8.03. The maximum Gasteiger partial charge on any atom is 0.268 e. The Balaban J connectivity index is 1.92. The number of thiophene rings is 1. The molecule has 1 N–H and O–H groups in total. The summed E-state index contributed by atoms with van der Waals surface area (Å²) in [6.07, 6.45) is 0. The predicted molar refractivity (Wildman–Crippen MR) is 104 cm³/mol. The molecule has 1 aromatic carbocycles. The van der Waals surface area contributed by atoms with E-state index in [4.69, 9.17) is 9.47 Å². The zero-order chi connectivity index (χ0) is 17.8. The summed E-state index contributed by atoms with van der Waals surface area (Å²) < 4.78 is 14.4. The lowest BCUT2D eigenvalue weighted by Crippen LogP contribution is -2.29. The molecule has 5 nitrogen and oxygen atoms in total. The molecular weight excluding hydrogens is 404 g/mol. The third-order valence-corrected chi connectivity index (χ3v) is 5.46. The van der Waals surface area contributed by atoms with Crippen molar-refractivity contribution < 1.29 is 14.3 Å². The molecule has 25 heavy (non-hydrogen) atoms. The third kappa shape index (κ3) is 4.05. The van der Waals surface area contributed by atoms with Crippen molar-refractivity contribution >= 4 is 43.4 Å². The van der Waals surface area contributed by atoms with Crippen LogP contribution in [0.4, 0.5) is 0 Å². The lowest BCUT2D eigenvalue weighted by atomic mass is 10.2. The predicted octanol–water partition coefficient (Wildman–Crippen LogP) is 3.90. The Morgan fingerprint density at radius 2 is 2.00 bits per heavy atom. The number of fused-ring (bicyclic) bond motifs is 1. The summed E-state index contributed by atoms with van der Waals surface area (Å²) in [4.78, 5) is 12.6. The molecule has 0 fully saturated rings. The lowest BCUT2D eigenvalue weighted by molar-refractivity contribution is 0.0928. The van der Waals surface area contributed by atoms with Crippen LogP contribution in [-0.4, -0.2) is 37.8 Å². The summed E-state index contributed by atoms with van der Waals surface area (Å²) in [5, 5.41) is 2.90. The van der Waals surface area contributed by atoms with E-state index in [0.717, 1.165) is 25.3 Å². The largest absolute Gasteiger partial charge is 0.497 e. The molecule has 0 bridgehead atoms. The highest BCUT2D eigenvalue weighted by Crippen LogP contribution is 2.33. The van der Waals surface area contributed by atoms with Crippen LogP contribution in [0.1, 0.15) is 16.1 Å². The molecule has 0 atom stereocenters. The van der Waals surface area contributed by atoms with Gasteiger partial charge in [-0.15, -0.1) is 11.3 Å². The molecule has 0 saturated heterocycles. The number of nitrogens with one attached hydrogen (secondary N) is 1. The van der Waals surface area contributed by atoms with Crippen molar-refractivity contribution in [2.75, 3.05) is 27.4 Å². The van der Waals surface area contributed by atoms with Crippen molar-refractivity contribution in [1.82, 2.24) is 9.88 Å². The van der Waals surface area contributed by atoms with E-state index in [1.165, 1.54) is 0 Å². The Kier molecular flexibility index (Phi) is 5.78. The Hall–Kier alpha value is -1.83. The van der Waals surface area contributed by atoms with Gasteiger partial charge >= 0.3 is 0 Å². The number of halogens is 1. The van der Waals surface area contributed by atoms with Gasteiger partial charge in [0.2, 0.25) is 0 Å². The van der Waals surface area contributed by atoms with Gasteiger partial charge in [0.1, 0.15) is 11.4 Å². The van der Waals surface area contributed by atoms with Crippen molar-refractivity contribution in [1.29, 1.82) is 0 Å². The number of rotatable bonds is 7. The molecule has 0 aliphatic heterocycles. The Labute approximate surface area is 158 Å². The monoisotopic (exact) mass is 422 g/mol. The van der Waals surface area contributed by atoms with Crippen LogP contribution in [0, 0.1) is 0 Å². The lowest BCUT2D eigenvalue weighted by Gasteiger charge is -2.11. The van der Waals surface area contributed by atoms with Crippen molar-refractivity contribution in [3.05, 3.63) is 51.4 Å². The molecule has 0 aliphatic carbocycles. The van der Waals surface area contributed by atoms with E-state index >= 15 is 0 Å². The molecule has 0 radical (unpaired) electrons. The molecule has 132 valence electrons. The van der Waals surface area contributed by atoms with Gasteiger partial charge in [-0.1, -0.05) is 12.1 Å². The van der Waals surface area contributed by atoms with Crippen LogP contribution in [0.2, 0.25) is 0 Å². The van der Waals surface area contributed by atoms with Crippen molar-refractivity contribution in [3.63, 3.8) is 0 Å². The minimum absolute atomic E-state index is 0.0925. The standard InChI is InChI=1S/C18H19BrN2O3S/c1-23-8-7-20-18(22)15-9-16-14(10-17(19)25-16)21(15)11-12-3-5-13(24-2)6-4-12/h3-6,9-10H,7-8,11H2,1-2H3,(H,20,22). The summed E-state index contributed by atoms with van der Waals surface area (Å²) in [6, 6.07) is 11.9. The van der Waals surface area contributed by atoms with Crippen molar-refractivity contribution in [2.45, 2.75) is 6.54 Å². The summed E-state index contributed by atoms with van der Waals surface area (Å²) in [7, 11) is 3.27. The second-order valence-electron chi connectivity index (χ2n) is 5.51. The molecule has 0 aliphatic rings. The Bertz CT molecular complexity index is 870. The van der Waals surface area contributed by atoms with Crippen LogP contribution in [0.3, 0.4) is 0 Å². The number of carbonyl (C=O) groups excluding carboxylic acids is 1. The van der Waals surface area contributed by atoms with Gasteiger partial charge in [-0.25, -0.2) is 0 Å². The molecule has 0 unspecified atom stereocenters. The molecule has 0 spiro atoms. The number of hydrogen-bond acceptors (Lipinski definition) is 4. The first-order chi connectivity index (χ1) is 12.1. The Morgan fingerprint density at radius 1 is 1.24 bits per heavy atom. The summed E-state index contributed by atoms with van der Waals surface area (Å²) in [5.74, 6) is 0.724. The average molecular weight is 423 g/mol. The fourth-order valence-corrected chi connectivity index (χ4v) is 4.21. The highest BCUT2D eigenvalue weighted by atomic mass is 79.9. The number of aromatic nitrogens is 1. The van der Waals surface area contributed by atoms with E-state index in [1.54, 1.807) is 25.6 Å². The fourth-order valence-electron chi connectivity index (χ4n) is 2.64. The van der Waals surface area contributed by atoms with Gasteiger partial charge < -0.3 is 19.4 Å². The summed E-state index contributed by atoms with van der Waals surface area (Å²) >= 11 is 5.15. The van der Waals surface area contributed by atoms with Crippen LogP contribution in [0.25, 0.3) is 10.2 Å². The van der Waals surface area contributed by atoms with Crippen LogP contribution in [0.5, 0.6) is 5.75 Å². The van der Waals surface area contributed by atoms with Crippen LogP contribution >= 0.6 is 27.3 Å². The first-order valence-corrected chi connectivity index (χ1v) is 9.42. The van der Waals surface area contributed by atoms with E-state index in [0.29, 0.717) is 25.4 Å². The minimum Gasteiger partial charge on any atom is -0.497 e. The van der Waals surface area contributed by atoms with Crippen molar-refractivity contribution in [2.24, 2.45) is 0 Å². The maximum atomic E-state index is 12.6. The number of ether oxygens (including phenoxy) is 2. The van der Waals surface area contributed by atoms with Crippen LogP contribution < -0.4 is 10.1 Å². The molecule has 3 rings (SSSR count). The number of amides is 1. The fraction of sp³-hybridized carbons (Fsp3) is 0.278. The molecule has 3 aromatic rings. The van der Waals surface area contributed by atoms with E-state index in [-0.39, 0.29) is 5.91 Å². The first kappa shape index (κ1) is 18.0. The van der Waals surface area contributed by atoms with E-state index in [9.17, 15) is 4.79 Å². The zero-order valence-electron chi connectivity index (χ0n) is 14.0. The van der Waals surface area contributed by atoms with Gasteiger partial charge in [0, 0.05) is 20.2 Å². The topological polar surface area (TPSA) is 52.5 Å². The number of benzene rings is 1. The van der Waals surface area contributed by atoms with E-state index in [1.807, 2.05) is 34.9 Å². The highest BCUT2D eigenvalue weighted by Gasteiger charge is 2.17. The third-order valence-electron chi connectivity index (χ3n) is 3.88. The second-order valence-corrected chi connectivity index (χ2v) is 7.98. The maximum absolute atomic E-state index is 12.6. The number of hydrogen-bond donors (Lipinski definition) is 1. The van der Waals surface area contributed by atoms with E-state index < -0.39 is 0 Å². The summed E-state index contributed by atoms with van der Waals surface area (Å²) in [5.41, 5.74) is 2.80. The van der Waals surface area contributed by atoms with Gasteiger partial charge in [-0.2, -0.15) is 0 Å².